The molecule has 0 aromatic heterocycles. The monoisotopic (exact) mass is 516 g/mol. The van der Waals surface area contributed by atoms with Crippen molar-refractivity contribution in [2.75, 3.05) is 72.0 Å². The summed E-state index contributed by atoms with van der Waals surface area (Å²) in [5, 5.41) is 2.92. The molecule has 1 saturated heterocycles. The average Bonchev–Trinajstić information content (AvgIpc) is 3.74. The summed E-state index contributed by atoms with van der Waals surface area (Å²) in [6.45, 7) is 8.16. The normalized spacial score (nSPS) is 25.9. The number of morpholine rings is 1. The van der Waals surface area contributed by atoms with E-state index in [1.165, 1.54) is 0 Å². The molecule has 1 saturated carbocycles. The number of ether oxygens (including phenoxy) is 3. The lowest BCUT2D eigenvalue weighted by Crippen LogP contribution is -2.52. The summed E-state index contributed by atoms with van der Waals surface area (Å²) in [5.74, 6) is 0.281. The molecule has 0 spiro atoms. The maximum Gasteiger partial charge on any atom is 0.257 e. The van der Waals surface area contributed by atoms with E-state index >= 15 is 0 Å². The van der Waals surface area contributed by atoms with Crippen molar-refractivity contribution in [3.05, 3.63) is 23.8 Å². The molecule has 10 heteroatoms. The molecule has 10 nitrogen and oxygen atoms in total. The minimum atomic E-state index is -0.263. The van der Waals surface area contributed by atoms with Gasteiger partial charge in [-0.05, 0) is 38.0 Å². The van der Waals surface area contributed by atoms with E-state index in [0.29, 0.717) is 49.8 Å². The second kappa shape index (κ2) is 12.2. The van der Waals surface area contributed by atoms with E-state index in [-0.39, 0.29) is 48.3 Å². The van der Waals surface area contributed by atoms with Crippen molar-refractivity contribution in [2.45, 2.75) is 38.8 Å². The smallest absolute Gasteiger partial charge is 0.257 e. The molecule has 2 heterocycles. The van der Waals surface area contributed by atoms with Gasteiger partial charge in [0.05, 0.1) is 37.5 Å². The number of likely N-dealkylation sites (N-methyl/N-ethyl adjacent to an activating group) is 1. The van der Waals surface area contributed by atoms with Crippen LogP contribution in [0.2, 0.25) is 0 Å². The van der Waals surface area contributed by atoms with Gasteiger partial charge in [-0.2, -0.15) is 0 Å². The molecule has 3 amide bonds. The van der Waals surface area contributed by atoms with Gasteiger partial charge < -0.3 is 29.3 Å². The predicted molar refractivity (Wildman–Crippen MR) is 139 cm³/mol. The van der Waals surface area contributed by atoms with Crippen LogP contribution in [0, 0.1) is 11.8 Å². The summed E-state index contributed by atoms with van der Waals surface area (Å²) >= 11 is 0. The van der Waals surface area contributed by atoms with Crippen molar-refractivity contribution >= 4 is 23.4 Å². The fraction of sp³-hybridized carbons (Fsp3) is 0.667. The Morgan fingerprint density at radius 1 is 1.14 bits per heavy atom. The van der Waals surface area contributed by atoms with Crippen molar-refractivity contribution in [1.82, 2.24) is 14.7 Å². The summed E-state index contributed by atoms with van der Waals surface area (Å²) in [7, 11) is 3.37. The first-order valence-electron chi connectivity index (χ1n) is 13.2. The van der Waals surface area contributed by atoms with Crippen molar-refractivity contribution in [3.8, 4) is 5.75 Å². The third-order valence-corrected chi connectivity index (χ3v) is 7.44. The number of hydrogen-bond acceptors (Lipinski definition) is 7. The van der Waals surface area contributed by atoms with Gasteiger partial charge in [0.15, 0.2) is 0 Å². The molecule has 0 radical (unpaired) electrons. The Balaban J connectivity index is 1.58. The third kappa shape index (κ3) is 7.00. The highest BCUT2D eigenvalue weighted by atomic mass is 16.5. The maximum atomic E-state index is 13.5. The number of nitrogens with zero attached hydrogens (tertiary/aromatic N) is 3. The lowest BCUT2D eigenvalue weighted by molar-refractivity contribution is -0.137. The number of amides is 3. The van der Waals surface area contributed by atoms with E-state index in [0.717, 1.165) is 25.9 Å². The SMILES string of the molecule is CO[C@H]1CN(C)C(=O)c2cc(NC(=O)C3CC3)ccc2OC[C@@H](C)N(C(=O)CN2CCOCC2)C[C@@H]1C. The number of benzene rings is 1. The first-order chi connectivity index (χ1) is 17.8. The van der Waals surface area contributed by atoms with E-state index in [1.54, 1.807) is 37.3 Å². The fourth-order valence-corrected chi connectivity index (χ4v) is 4.83. The molecule has 1 aromatic carbocycles. The third-order valence-electron chi connectivity index (χ3n) is 7.44. The van der Waals surface area contributed by atoms with E-state index in [2.05, 4.69) is 10.2 Å². The first-order valence-corrected chi connectivity index (χ1v) is 13.2. The summed E-state index contributed by atoms with van der Waals surface area (Å²) in [4.78, 5) is 44.8. The number of nitrogens with one attached hydrogen (secondary N) is 1. The minimum Gasteiger partial charge on any atom is -0.491 e. The number of rotatable bonds is 5. The number of anilines is 1. The molecule has 3 atom stereocenters. The summed E-state index contributed by atoms with van der Waals surface area (Å²) in [6, 6.07) is 4.93. The van der Waals surface area contributed by atoms with Gasteiger partial charge in [-0.25, -0.2) is 0 Å². The average molecular weight is 517 g/mol. The van der Waals surface area contributed by atoms with Crippen LogP contribution in [0.3, 0.4) is 0 Å². The van der Waals surface area contributed by atoms with Crippen LogP contribution < -0.4 is 10.1 Å². The quantitative estimate of drug-likeness (QED) is 0.636. The van der Waals surface area contributed by atoms with Gasteiger partial charge in [0.1, 0.15) is 12.4 Å². The lowest BCUT2D eigenvalue weighted by atomic mass is 10.0. The zero-order chi connectivity index (χ0) is 26.5. The lowest BCUT2D eigenvalue weighted by Gasteiger charge is -2.37. The van der Waals surface area contributed by atoms with E-state index in [4.69, 9.17) is 14.2 Å². The highest BCUT2D eigenvalue weighted by Gasteiger charge is 2.32. The molecular weight excluding hydrogens is 476 g/mol. The number of carbonyl (C=O) groups is 3. The summed E-state index contributed by atoms with van der Waals surface area (Å²) in [5.41, 5.74) is 0.942. The molecule has 0 unspecified atom stereocenters. The molecule has 4 rings (SSSR count). The van der Waals surface area contributed by atoms with Gasteiger partial charge in [-0.3, -0.25) is 19.3 Å². The van der Waals surface area contributed by atoms with Crippen molar-refractivity contribution in [2.24, 2.45) is 11.8 Å². The minimum absolute atomic E-state index is 0.0144. The van der Waals surface area contributed by atoms with Crippen LogP contribution in [0.25, 0.3) is 0 Å². The Morgan fingerprint density at radius 3 is 2.54 bits per heavy atom. The van der Waals surface area contributed by atoms with Crippen LogP contribution >= 0.6 is 0 Å². The van der Waals surface area contributed by atoms with Crippen LogP contribution in [0.5, 0.6) is 5.75 Å². The highest BCUT2D eigenvalue weighted by Crippen LogP contribution is 2.31. The Morgan fingerprint density at radius 2 is 1.86 bits per heavy atom. The van der Waals surface area contributed by atoms with E-state index in [9.17, 15) is 14.4 Å². The molecule has 1 aliphatic carbocycles. The molecule has 37 heavy (non-hydrogen) atoms. The van der Waals surface area contributed by atoms with E-state index in [1.807, 2.05) is 18.7 Å². The standard InChI is InChI=1S/C27H40N4O6/c1-18-14-31(25(32)16-30-9-11-36-12-10-30)19(2)17-37-23-8-7-21(28-26(33)20-5-6-20)13-22(23)27(34)29(3)15-24(18)35-4/h7-8,13,18-20,24H,5-6,9-12,14-17H2,1-4H3,(H,28,33)/t18-,19+,24-/m0/s1. The van der Waals surface area contributed by atoms with Gasteiger partial charge in [-0.1, -0.05) is 6.92 Å². The molecule has 1 N–H and O–H groups in total. The summed E-state index contributed by atoms with van der Waals surface area (Å²) in [6.07, 6.45) is 1.54. The van der Waals surface area contributed by atoms with Crippen LogP contribution in [0.15, 0.2) is 18.2 Å². The van der Waals surface area contributed by atoms with Gasteiger partial charge in [0, 0.05) is 57.9 Å². The second-order valence-corrected chi connectivity index (χ2v) is 10.5. The molecule has 2 fully saturated rings. The maximum absolute atomic E-state index is 13.5. The summed E-state index contributed by atoms with van der Waals surface area (Å²) < 4.78 is 17.4. The van der Waals surface area contributed by atoms with Crippen molar-refractivity contribution < 1.29 is 28.6 Å². The van der Waals surface area contributed by atoms with Gasteiger partial charge in [0.25, 0.3) is 5.91 Å². The largest absolute Gasteiger partial charge is 0.491 e. The predicted octanol–water partition coefficient (Wildman–Crippen LogP) is 1.70. The van der Waals surface area contributed by atoms with Crippen molar-refractivity contribution in [1.29, 1.82) is 0 Å². The Kier molecular flexibility index (Phi) is 9.04. The molecule has 0 bridgehead atoms. The Hall–Kier alpha value is -2.69. The molecule has 1 aromatic rings. The molecular formula is C27H40N4O6. The Bertz CT molecular complexity index is 978. The van der Waals surface area contributed by atoms with Crippen LogP contribution in [0.4, 0.5) is 5.69 Å². The molecule has 204 valence electrons. The zero-order valence-corrected chi connectivity index (χ0v) is 22.4. The number of hydrogen-bond donors (Lipinski definition) is 1. The highest BCUT2D eigenvalue weighted by molar-refractivity contribution is 6.00. The van der Waals surface area contributed by atoms with Crippen LogP contribution in [-0.4, -0.2) is 111 Å². The Labute approximate surface area is 219 Å². The number of carbonyl (C=O) groups excluding carboxylic acids is 3. The fourth-order valence-electron chi connectivity index (χ4n) is 4.83. The molecule has 2 aliphatic heterocycles. The van der Waals surface area contributed by atoms with Gasteiger partial charge in [-0.15, -0.1) is 0 Å². The zero-order valence-electron chi connectivity index (χ0n) is 22.4. The van der Waals surface area contributed by atoms with Crippen LogP contribution in [0.1, 0.15) is 37.0 Å². The second-order valence-electron chi connectivity index (χ2n) is 10.5. The molecule has 3 aliphatic rings. The van der Waals surface area contributed by atoms with Gasteiger partial charge in [0.2, 0.25) is 11.8 Å². The van der Waals surface area contributed by atoms with E-state index < -0.39 is 0 Å². The van der Waals surface area contributed by atoms with Crippen LogP contribution in [-0.2, 0) is 19.1 Å². The van der Waals surface area contributed by atoms with Gasteiger partial charge >= 0.3 is 0 Å². The number of fused-ring (bicyclic) bond motifs is 1. The first kappa shape index (κ1) is 27.3. The van der Waals surface area contributed by atoms with Crippen molar-refractivity contribution in [3.63, 3.8) is 0 Å². The number of methoxy groups -OCH3 is 1. The topological polar surface area (TPSA) is 101 Å².